The molecular formula is C17H12F2N4O5S. The van der Waals surface area contributed by atoms with Gasteiger partial charge in [0.05, 0.1) is 5.56 Å². The molecular weight excluding hydrogens is 410 g/mol. The minimum absolute atomic E-state index is 0.284. The van der Waals surface area contributed by atoms with Crippen LogP contribution in [0, 0.1) is 23.1 Å². The third kappa shape index (κ3) is 3.67. The third-order valence-electron chi connectivity index (χ3n) is 3.77. The number of nitriles is 1. The lowest BCUT2D eigenvalue weighted by molar-refractivity contribution is 0.141. The van der Waals surface area contributed by atoms with Gasteiger partial charge in [-0.1, -0.05) is 0 Å². The highest BCUT2D eigenvalue weighted by atomic mass is 32.2. The summed E-state index contributed by atoms with van der Waals surface area (Å²) < 4.78 is 65.3. The Kier molecular flexibility index (Phi) is 5.33. The van der Waals surface area contributed by atoms with Crippen molar-refractivity contribution in [2.45, 2.75) is 11.7 Å². The molecule has 9 nitrogen and oxygen atoms in total. The van der Waals surface area contributed by atoms with Gasteiger partial charge in [-0.15, -0.1) is 0 Å². The molecule has 0 saturated heterocycles. The third-order valence-corrected chi connectivity index (χ3v) is 5.30. The number of furan rings is 1. The van der Waals surface area contributed by atoms with Gasteiger partial charge in [-0.05, 0) is 24.3 Å². The van der Waals surface area contributed by atoms with Crippen molar-refractivity contribution in [3.05, 3.63) is 59.7 Å². The van der Waals surface area contributed by atoms with Gasteiger partial charge in [-0.3, -0.25) is 0 Å². The molecule has 1 amide bonds. The molecule has 150 valence electrons. The van der Waals surface area contributed by atoms with Crippen LogP contribution in [-0.2, 0) is 21.4 Å². The Morgan fingerprint density at radius 1 is 1.38 bits per heavy atom. The minimum Gasteiger partial charge on any atom is -0.445 e. The second-order valence-electron chi connectivity index (χ2n) is 5.52. The maximum absolute atomic E-state index is 15.1. The van der Waals surface area contributed by atoms with E-state index in [1.165, 1.54) is 13.1 Å². The number of alkyl carbamates (subject to hydrolysis) is 1. The van der Waals surface area contributed by atoms with E-state index >= 15 is 4.39 Å². The lowest BCUT2D eigenvalue weighted by Gasteiger charge is -2.09. The molecule has 0 bridgehead atoms. The van der Waals surface area contributed by atoms with Gasteiger partial charge in [0.25, 0.3) is 0 Å². The monoisotopic (exact) mass is 422 g/mol. The molecule has 0 fully saturated rings. The summed E-state index contributed by atoms with van der Waals surface area (Å²) in [5.41, 5.74) is -1.43. The van der Waals surface area contributed by atoms with Crippen LogP contribution in [0.4, 0.5) is 13.6 Å². The topological polar surface area (TPSA) is 127 Å². The average molecular weight is 422 g/mol. The van der Waals surface area contributed by atoms with Gasteiger partial charge in [-0.25, -0.2) is 18.1 Å². The van der Waals surface area contributed by atoms with E-state index in [2.05, 4.69) is 10.3 Å². The van der Waals surface area contributed by atoms with Crippen LogP contribution in [0.15, 0.2) is 46.2 Å². The van der Waals surface area contributed by atoms with Crippen LogP contribution in [0.2, 0.25) is 0 Å². The summed E-state index contributed by atoms with van der Waals surface area (Å²) in [5.74, 6) is -2.53. The maximum Gasteiger partial charge on any atom is 0.407 e. The van der Waals surface area contributed by atoms with E-state index in [4.69, 9.17) is 14.4 Å². The highest BCUT2D eigenvalue weighted by Gasteiger charge is 2.30. The number of hydrogen-bond donors (Lipinski definition) is 1. The van der Waals surface area contributed by atoms with E-state index in [9.17, 15) is 17.6 Å². The van der Waals surface area contributed by atoms with Crippen molar-refractivity contribution in [1.82, 2.24) is 14.3 Å². The number of pyridine rings is 1. The minimum atomic E-state index is -4.56. The predicted octanol–water partition coefficient (Wildman–Crippen LogP) is 2.39. The number of hydrogen-bond acceptors (Lipinski definition) is 7. The van der Waals surface area contributed by atoms with Gasteiger partial charge < -0.3 is 14.5 Å². The molecule has 0 aliphatic heterocycles. The van der Waals surface area contributed by atoms with Crippen LogP contribution in [0.1, 0.15) is 11.3 Å². The first-order valence-electron chi connectivity index (χ1n) is 7.90. The number of halogens is 2. The first-order valence-corrected chi connectivity index (χ1v) is 9.34. The Morgan fingerprint density at radius 3 is 2.76 bits per heavy atom. The molecule has 0 spiro atoms. The summed E-state index contributed by atoms with van der Waals surface area (Å²) in [6.45, 7) is -0.621. The molecule has 3 rings (SSSR count). The fourth-order valence-electron chi connectivity index (χ4n) is 2.43. The van der Waals surface area contributed by atoms with Crippen LogP contribution < -0.4 is 5.32 Å². The van der Waals surface area contributed by atoms with Crippen LogP contribution in [0.5, 0.6) is 0 Å². The number of ether oxygens (including phenoxy) is 1. The Balaban J connectivity index is 2.20. The van der Waals surface area contributed by atoms with Crippen LogP contribution in [0.3, 0.4) is 0 Å². The van der Waals surface area contributed by atoms with E-state index in [-0.39, 0.29) is 11.3 Å². The van der Waals surface area contributed by atoms with E-state index in [0.717, 1.165) is 30.6 Å². The van der Waals surface area contributed by atoms with Crippen LogP contribution in [-0.4, -0.2) is 30.5 Å². The van der Waals surface area contributed by atoms with Crippen molar-refractivity contribution in [3.8, 4) is 17.3 Å². The zero-order chi connectivity index (χ0) is 21.2. The Hall–Kier alpha value is -3.72. The van der Waals surface area contributed by atoms with Crippen LogP contribution >= 0.6 is 0 Å². The summed E-state index contributed by atoms with van der Waals surface area (Å²) in [5, 5.41) is 10.3. The Bertz CT molecular complexity index is 1230. The van der Waals surface area contributed by atoms with E-state index in [0.29, 0.717) is 3.97 Å². The van der Waals surface area contributed by atoms with Gasteiger partial charge in [0.1, 0.15) is 18.4 Å². The lowest BCUT2D eigenvalue weighted by Crippen LogP contribution is -2.19. The summed E-state index contributed by atoms with van der Waals surface area (Å²) in [4.78, 5) is 14.7. The number of rotatable bonds is 5. The summed E-state index contributed by atoms with van der Waals surface area (Å²) in [6.07, 6.45) is 1.07. The fourth-order valence-corrected chi connectivity index (χ4v) is 3.75. The van der Waals surface area contributed by atoms with Crippen molar-refractivity contribution in [2.24, 2.45) is 0 Å². The second-order valence-corrected chi connectivity index (χ2v) is 7.26. The van der Waals surface area contributed by atoms with E-state index < -0.39 is 50.8 Å². The van der Waals surface area contributed by atoms with Crippen molar-refractivity contribution >= 4 is 16.1 Å². The summed E-state index contributed by atoms with van der Waals surface area (Å²) >= 11 is 0. The summed E-state index contributed by atoms with van der Waals surface area (Å²) in [6, 6.07) is 6.19. The molecule has 0 atom stereocenters. The van der Waals surface area contributed by atoms with Crippen molar-refractivity contribution in [2.75, 3.05) is 7.05 Å². The van der Waals surface area contributed by atoms with E-state index in [1.807, 2.05) is 0 Å². The van der Waals surface area contributed by atoms with Gasteiger partial charge in [0.2, 0.25) is 16.8 Å². The lowest BCUT2D eigenvalue weighted by atomic mass is 10.2. The van der Waals surface area contributed by atoms with Gasteiger partial charge in [0.15, 0.2) is 5.82 Å². The SMILES string of the molecule is CNC(=O)OCc1cn(S(=O)(=O)c2ccc(C#N)o2)c(-c2cccnc2F)c1F. The van der Waals surface area contributed by atoms with Gasteiger partial charge >= 0.3 is 16.1 Å². The highest BCUT2D eigenvalue weighted by molar-refractivity contribution is 7.89. The Morgan fingerprint density at radius 2 is 2.14 bits per heavy atom. The average Bonchev–Trinajstić information content (AvgIpc) is 3.32. The molecule has 0 unspecified atom stereocenters. The Labute approximate surface area is 163 Å². The molecule has 1 N–H and O–H groups in total. The zero-order valence-electron chi connectivity index (χ0n) is 14.7. The molecule has 0 saturated carbocycles. The fraction of sp³-hybridized carbons (Fsp3) is 0.118. The molecule has 0 radical (unpaired) electrons. The second kappa shape index (κ2) is 7.72. The first kappa shape index (κ1) is 20.0. The van der Waals surface area contributed by atoms with Gasteiger partial charge in [-0.2, -0.15) is 18.1 Å². The number of aromatic nitrogens is 2. The molecule has 0 aromatic carbocycles. The van der Waals surface area contributed by atoms with Crippen LogP contribution in [0.25, 0.3) is 11.3 Å². The largest absolute Gasteiger partial charge is 0.445 e. The zero-order valence-corrected chi connectivity index (χ0v) is 15.5. The van der Waals surface area contributed by atoms with Crippen molar-refractivity contribution < 1.29 is 31.1 Å². The number of nitrogens with one attached hydrogen (secondary N) is 1. The molecule has 3 aromatic heterocycles. The molecule has 3 heterocycles. The number of nitrogens with zero attached hydrogens (tertiary/aromatic N) is 3. The first-order chi connectivity index (χ1) is 13.8. The number of amides is 1. The van der Waals surface area contributed by atoms with Gasteiger partial charge in [0, 0.05) is 25.0 Å². The molecule has 12 heteroatoms. The number of carbonyl (C=O) groups is 1. The van der Waals surface area contributed by atoms with Crippen molar-refractivity contribution in [1.29, 1.82) is 5.26 Å². The highest BCUT2D eigenvalue weighted by Crippen LogP contribution is 2.32. The summed E-state index contributed by atoms with van der Waals surface area (Å²) in [7, 11) is -3.28. The molecule has 3 aromatic rings. The standard InChI is InChI=1S/C17H12F2N4O5S/c1-21-17(24)27-9-10-8-23(29(25,26)13-5-4-11(7-20)28-13)15(14(10)18)12-3-2-6-22-16(12)19/h2-6,8H,9H2,1H3,(H,21,24). The molecule has 0 aliphatic carbocycles. The van der Waals surface area contributed by atoms with E-state index in [1.54, 1.807) is 6.07 Å². The normalized spacial score (nSPS) is 11.1. The van der Waals surface area contributed by atoms with Crippen molar-refractivity contribution in [3.63, 3.8) is 0 Å². The maximum atomic E-state index is 15.1. The number of carbonyl (C=O) groups excluding carboxylic acids is 1. The molecule has 29 heavy (non-hydrogen) atoms. The molecule has 0 aliphatic rings. The predicted molar refractivity (Wildman–Crippen MR) is 92.8 cm³/mol. The smallest absolute Gasteiger partial charge is 0.407 e. The quantitative estimate of drug-likeness (QED) is 0.625.